The summed E-state index contributed by atoms with van der Waals surface area (Å²) in [4.78, 5) is 1.30. The Labute approximate surface area is 131 Å². The van der Waals surface area contributed by atoms with Gasteiger partial charge in [-0.3, -0.25) is 0 Å². The second kappa shape index (κ2) is 5.74. The van der Waals surface area contributed by atoms with E-state index in [2.05, 4.69) is 58.4 Å². The van der Waals surface area contributed by atoms with Crippen molar-refractivity contribution >= 4 is 44.9 Å². The van der Waals surface area contributed by atoms with Gasteiger partial charge < -0.3 is 0 Å². The third-order valence-electron chi connectivity index (χ3n) is 3.20. The van der Waals surface area contributed by atoms with Gasteiger partial charge in [0.1, 0.15) is 0 Å². The lowest BCUT2D eigenvalue weighted by Crippen LogP contribution is -1.92. The first-order valence-corrected chi connectivity index (χ1v) is 8.55. The topological polar surface area (TPSA) is 0 Å². The normalized spacial score (nSPS) is 15.8. The summed E-state index contributed by atoms with van der Waals surface area (Å²) in [5.74, 6) is 1.00. The number of allylic oxidation sites excluding steroid dienone is 1. The summed E-state index contributed by atoms with van der Waals surface area (Å²) in [7, 11) is 0. The first-order chi connectivity index (χ1) is 9.29. The number of hydrogen-bond acceptors (Lipinski definition) is 1. The molecule has 0 saturated heterocycles. The molecule has 0 spiro atoms. The van der Waals surface area contributed by atoms with Gasteiger partial charge in [0, 0.05) is 21.0 Å². The highest BCUT2D eigenvalue weighted by atomic mass is 79.9. The molecule has 0 aliphatic carbocycles. The van der Waals surface area contributed by atoms with Crippen molar-refractivity contribution in [3.8, 4) is 0 Å². The Morgan fingerprint density at radius 2 is 2.00 bits per heavy atom. The van der Waals surface area contributed by atoms with E-state index in [1.165, 1.54) is 27.2 Å². The maximum atomic E-state index is 6.17. The number of rotatable bonds is 1. The van der Waals surface area contributed by atoms with Crippen LogP contribution in [0.2, 0.25) is 5.02 Å². The van der Waals surface area contributed by atoms with Gasteiger partial charge in [-0.1, -0.05) is 57.9 Å². The van der Waals surface area contributed by atoms with Crippen molar-refractivity contribution in [3.63, 3.8) is 0 Å². The van der Waals surface area contributed by atoms with Gasteiger partial charge in [-0.05, 0) is 40.5 Å². The van der Waals surface area contributed by atoms with Crippen molar-refractivity contribution < 1.29 is 0 Å². The quantitative estimate of drug-likeness (QED) is 0.587. The maximum absolute atomic E-state index is 6.17. The Hall–Kier alpha value is -0.700. The molecule has 1 aliphatic rings. The summed E-state index contributed by atoms with van der Waals surface area (Å²) in [6, 6.07) is 14.8. The second-order valence-corrected chi connectivity index (χ2v) is 6.46. The van der Waals surface area contributed by atoms with Crippen molar-refractivity contribution in [1.82, 2.24) is 0 Å². The van der Waals surface area contributed by atoms with E-state index in [1.807, 2.05) is 17.8 Å². The minimum atomic E-state index is 0.791. The van der Waals surface area contributed by atoms with Crippen LogP contribution in [-0.4, -0.2) is 5.33 Å². The molecule has 0 amide bonds. The standard InChI is InChI=1S/C16H12BrClS/c17-8-7-14-13-4-2-1-3-11(13)10-19-16-6-5-12(18)9-15(14)16/h1-7,9H,8,10H2. The summed E-state index contributed by atoms with van der Waals surface area (Å²) in [5, 5.41) is 1.63. The molecule has 19 heavy (non-hydrogen) atoms. The van der Waals surface area contributed by atoms with Gasteiger partial charge >= 0.3 is 0 Å². The largest absolute Gasteiger partial charge is 0.121 e. The van der Waals surface area contributed by atoms with E-state index < -0.39 is 0 Å². The first-order valence-electron chi connectivity index (χ1n) is 6.06. The Kier molecular flexibility index (Phi) is 4.01. The molecule has 0 atom stereocenters. The molecule has 0 aromatic heterocycles. The van der Waals surface area contributed by atoms with Gasteiger partial charge in [0.05, 0.1) is 0 Å². The Balaban J connectivity index is 2.26. The maximum Gasteiger partial charge on any atom is 0.0412 e. The van der Waals surface area contributed by atoms with Crippen LogP contribution in [0, 0.1) is 0 Å². The van der Waals surface area contributed by atoms with Crippen LogP contribution in [0.25, 0.3) is 5.57 Å². The van der Waals surface area contributed by atoms with Gasteiger partial charge in [-0.2, -0.15) is 0 Å². The highest BCUT2D eigenvalue weighted by Crippen LogP contribution is 2.41. The lowest BCUT2D eigenvalue weighted by molar-refractivity contribution is 1.38. The van der Waals surface area contributed by atoms with E-state index in [9.17, 15) is 0 Å². The molecule has 1 aliphatic heterocycles. The van der Waals surface area contributed by atoms with E-state index >= 15 is 0 Å². The summed E-state index contributed by atoms with van der Waals surface area (Å²) in [6.45, 7) is 0. The molecule has 1 heterocycles. The third kappa shape index (κ3) is 2.62. The second-order valence-electron chi connectivity index (χ2n) is 4.36. The van der Waals surface area contributed by atoms with Gasteiger partial charge in [0.15, 0.2) is 0 Å². The summed E-state index contributed by atoms with van der Waals surface area (Å²) < 4.78 is 0. The van der Waals surface area contributed by atoms with Gasteiger partial charge in [0.2, 0.25) is 0 Å². The van der Waals surface area contributed by atoms with Crippen LogP contribution >= 0.6 is 39.3 Å². The number of thioether (sulfide) groups is 1. The molecular formula is C16H12BrClS. The monoisotopic (exact) mass is 350 g/mol. The summed E-state index contributed by atoms with van der Waals surface area (Å²) >= 11 is 11.6. The van der Waals surface area contributed by atoms with E-state index in [-0.39, 0.29) is 0 Å². The molecule has 0 N–H and O–H groups in total. The Morgan fingerprint density at radius 1 is 1.16 bits per heavy atom. The zero-order valence-corrected chi connectivity index (χ0v) is 13.4. The molecular weight excluding hydrogens is 340 g/mol. The van der Waals surface area contributed by atoms with Gasteiger partial charge in [-0.15, -0.1) is 11.8 Å². The van der Waals surface area contributed by atoms with E-state index in [0.29, 0.717) is 0 Å². The van der Waals surface area contributed by atoms with Crippen molar-refractivity contribution in [2.24, 2.45) is 0 Å². The van der Waals surface area contributed by atoms with Crippen molar-refractivity contribution in [2.45, 2.75) is 10.6 Å². The first kappa shape index (κ1) is 13.3. The average Bonchev–Trinajstić information content (AvgIpc) is 2.58. The smallest absolute Gasteiger partial charge is 0.0412 e. The SMILES string of the molecule is Clc1ccc2c(c1)C(=CCBr)c1ccccc1CS2. The number of alkyl halides is 1. The van der Waals surface area contributed by atoms with Crippen LogP contribution in [0.3, 0.4) is 0 Å². The Morgan fingerprint density at radius 3 is 2.84 bits per heavy atom. The van der Waals surface area contributed by atoms with Crippen molar-refractivity contribution in [1.29, 1.82) is 0 Å². The molecule has 0 nitrogen and oxygen atoms in total. The van der Waals surface area contributed by atoms with E-state index in [1.54, 1.807) is 0 Å². The fraction of sp³-hybridized carbons (Fsp3) is 0.125. The molecule has 0 radical (unpaired) electrons. The zero-order valence-electron chi connectivity index (χ0n) is 10.2. The molecule has 3 heteroatoms. The Bertz CT molecular complexity index is 649. The van der Waals surface area contributed by atoms with Crippen LogP contribution in [0.15, 0.2) is 53.4 Å². The van der Waals surface area contributed by atoms with Crippen LogP contribution in [0.4, 0.5) is 0 Å². The van der Waals surface area contributed by atoms with Crippen LogP contribution < -0.4 is 0 Å². The van der Waals surface area contributed by atoms with Gasteiger partial charge in [0.25, 0.3) is 0 Å². The van der Waals surface area contributed by atoms with Crippen molar-refractivity contribution in [2.75, 3.05) is 5.33 Å². The van der Waals surface area contributed by atoms with E-state index in [0.717, 1.165) is 16.1 Å². The molecule has 2 aromatic rings. The number of fused-ring (bicyclic) bond motifs is 2. The van der Waals surface area contributed by atoms with Gasteiger partial charge in [-0.25, -0.2) is 0 Å². The molecule has 96 valence electrons. The zero-order chi connectivity index (χ0) is 13.2. The molecule has 0 unspecified atom stereocenters. The van der Waals surface area contributed by atoms with Crippen LogP contribution in [-0.2, 0) is 5.75 Å². The molecule has 0 fully saturated rings. The number of hydrogen-bond donors (Lipinski definition) is 0. The lowest BCUT2D eigenvalue weighted by Gasteiger charge is -2.11. The summed E-state index contributed by atoms with van der Waals surface area (Å²) in [6.07, 6.45) is 2.22. The molecule has 3 rings (SSSR count). The number of benzene rings is 2. The summed E-state index contributed by atoms with van der Waals surface area (Å²) in [5.41, 5.74) is 5.21. The molecule has 2 aromatic carbocycles. The van der Waals surface area contributed by atoms with Crippen molar-refractivity contribution in [3.05, 3.63) is 70.3 Å². The van der Waals surface area contributed by atoms with E-state index in [4.69, 9.17) is 11.6 Å². The fourth-order valence-corrected chi connectivity index (χ4v) is 3.89. The highest BCUT2D eigenvalue weighted by molar-refractivity contribution is 9.09. The third-order valence-corrected chi connectivity index (χ3v) is 4.88. The minimum absolute atomic E-state index is 0.791. The predicted octanol–water partition coefficient (Wildman–Crippen LogP) is 5.77. The molecule has 0 saturated carbocycles. The average molecular weight is 352 g/mol. The highest BCUT2D eigenvalue weighted by Gasteiger charge is 2.18. The predicted molar refractivity (Wildman–Crippen MR) is 88.3 cm³/mol. The lowest BCUT2D eigenvalue weighted by atomic mass is 9.94. The van der Waals surface area contributed by atoms with Crippen LogP contribution in [0.1, 0.15) is 16.7 Å². The fourth-order valence-electron chi connectivity index (χ4n) is 2.35. The number of halogens is 2. The molecule has 0 bridgehead atoms. The minimum Gasteiger partial charge on any atom is -0.121 e. The van der Waals surface area contributed by atoms with Crippen LogP contribution in [0.5, 0.6) is 0 Å².